The van der Waals surface area contributed by atoms with Crippen LogP contribution >= 0.6 is 0 Å². The summed E-state index contributed by atoms with van der Waals surface area (Å²) in [6.45, 7) is 7.69. The van der Waals surface area contributed by atoms with Gasteiger partial charge in [-0.25, -0.2) is 0 Å². The number of rotatable bonds is 42. The maximum Gasteiger partial charge on any atom is 0.306 e. The zero-order valence-electron chi connectivity index (χ0n) is 36.0. The highest BCUT2D eigenvalue weighted by atomic mass is 16.6. The number of esters is 2. The smallest absolute Gasteiger partial charge is 0.306 e. The highest BCUT2D eigenvalue weighted by Gasteiger charge is 2.17. The maximum absolute atomic E-state index is 12.5. The summed E-state index contributed by atoms with van der Waals surface area (Å²) in [5, 5.41) is 0. The molecule has 0 aromatic carbocycles. The maximum atomic E-state index is 12.5. The van der Waals surface area contributed by atoms with Gasteiger partial charge in [-0.2, -0.15) is 0 Å². The molecule has 0 aromatic rings. The van der Waals surface area contributed by atoms with Crippen molar-refractivity contribution in [2.24, 2.45) is 0 Å². The van der Waals surface area contributed by atoms with Crippen LogP contribution in [0.2, 0.25) is 0 Å². The number of carbonyl (C=O) groups excluding carboxylic acids is 2. The van der Waals surface area contributed by atoms with E-state index in [0.717, 1.165) is 70.6 Å². The average Bonchev–Trinajstić information content (AvgIpc) is 3.17. The van der Waals surface area contributed by atoms with Crippen molar-refractivity contribution in [1.29, 1.82) is 0 Å². The zero-order chi connectivity index (χ0) is 39.3. The SMILES string of the molecule is CCCCC/C=C\C/C=C\C/C=C\CCCCCCCCCOCC(COC(=O)CCCCCCC/C=C\CCCCCC)OC(=O)CCCCCCC. The summed E-state index contributed by atoms with van der Waals surface area (Å²) in [4.78, 5) is 25.0. The van der Waals surface area contributed by atoms with Crippen LogP contribution in [0.25, 0.3) is 0 Å². The minimum atomic E-state index is -0.538. The van der Waals surface area contributed by atoms with Crippen molar-refractivity contribution in [3.63, 3.8) is 0 Å². The molecular weight excluding hydrogens is 669 g/mol. The Balaban J connectivity index is 4.06. The summed E-state index contributed by atoms with van der Waals surface area (Å²) >= 11 is 0. The van der Waals surface area contributed by atoms with Crippen molar-refractivity contribution in [2.45, 2.75) is 232 Å². The lowest BCUT2D eigenvalue weighted by Crippen LogP contribution is -2.30. The predicted molar refractivity (Wildman–Crippen MR) is 233 cm³/mol. The molecule has 0 aromatic heterocycles. The number of carbonyl (C=O) groups is 2. The van der Waals surface area contributed by atoms with E-state index in [1.165, 1.54) is 122 Å². The third-order valence-corrected chi connectivity index (χ3v) is 9.84. The molecule has 0 bridgehead atoms. The molecule has 0 aliphatic heterocycles. The van der Waals surface area contributed by atoms with Crippen molar-refractivity contribution in [3.05, 3.63) is 48.6 Å². The van der Waals surface area contributed by atoms with Gasteiger partial charge >= 0.3 is 11.9 Å². The summed E-state index contributed by atoms with van der Waals surface area (Å²) in [5.74, 6) is -0.423. The Labute approximate surface area is 335 Å². The molecule has 0 rings (SSSR count). The number of ether oxygens (including phenoxy) is 3. The second-order valence-electron chi connectivity index (χ2n) is 15.3. The van der Waals surface area contributed by atoms with Gasteiger partial charge in [-0.3, -0.25) is 9.59 Å². The van der Waals surface area contributed by atoms with E-state index in [1.54, 1.807) is 0 Å². The summed E-state index contributed by atoms with van der Waals surface area (Å²) in [6, 6.07) is 0. The second-order valence-corrected chi connectivity index (χ2v) is 15.3. The van der Waals surface area contributed by atoms with Crippen molar-refractivity contribution in [2.75, 3.05) is 19.8 Å². The van der Waals surface area contributed by atoms with Crippen molar-refractivity contribution < 1.29 is 23.8 Å². The monoisotopic (exact) mass is 757 g/mol. The number of hydrogen-bond acceptors (Lipinski definition) is 5. The first-order chi connectivity index (χ1) is 26.6. The van der Waals surface area contributed by atoms with Crippen LogP contribution in [0.15, 0.2) is 48.6 Å². The average molecular weight is 757 g/mol. The molecule has 1 atom stereocenters. The van der Waals surface area contributed by atoms with Gasteiger partial charge in [-0.1, -0.05) is 179 Å². The first-order valence-corrected chi connectivity index (χ1v) is 23.2. The minimum absolute atomic E-state index is 0.0773. The van der Waals surface area contributed by atoms with Gasteiger partial charge in [-0.05, 0) is 83.5 Å². The van der Waals surface area contributed by atoms with Gasteiger partial charge in [0, 0.05) is 19.4 Å². The fourth-order valence-corrected chi connectivity index (χ4v) is 6.33. The number of hydrogen-bond donors (Lipinski definition) is 0. The van der Waals surface area contributed by atoms with E-state index in [1.807, 2.05) is 0 Å². The molecule has 0 amide bonds. The van der Waals surface area contributed by atoms with Crippen LogP contribution in [-0.2, 0) is 23.8 Å². The van der Waals surface area contributed by atoms with E-state index in [0.29, 0.717) is 19.4 Å². The zero-order valence-corrected chi connectivity index (χ0v) is 36.0. The summed E-state index contributed by atoms with van der Waals surface area (Å²) in [6.07, 6.45) is 54.2. The van der Waals surface area contributed by atoms with E-state index >= 15 is 0 Å². The summed E-state index contributed by atoms with van der Waals surface area (Å²) in [7, 11) is 0. The van der Waals surface area contributed by atoms with Crippen molar-refractivity contribution >= 4 is 11.9 Å². The second kappa shape index (κ2) is 45.3. The van der Waals surface area contributed by atoms with Crippen molar-refractivity contribution in [3.8, 4) is 0 Å². The molecule has 54 heavy (non-hydrogen) atoms. The molecule has 0 aliphatic carbocycles. The predicted octanol–water partition coefficient (Wildman–Crippen LogP) is 15.2. The van der Waals surface area contributed by atoms with Crippen LogP contribution in [0.4, 0.5) is 0 Å². The number of unbranched alkanes of at least 4 members (excludes halogenated alkanes) is 23. The van der Waals surface area contributed by atoms with Gasteiger partial charge in [0.2, 0.25) is 0 Å². The van der Waals surface area contributed by atoms with Crippen LogP contribution in [0.1, 0.15) is 226 Å². The van der Waals surface area contributed by atoms with Gasteiger partial charge in [0.05, 0.1) is 6.61 Å². The van der Waals surface area contributed by atoms with E-state index in [4.69, 9.17) is 14.2 Å². The van der Waals surface area contributed by atoms with Gasteiger partial charge < -0.3 is 14.2 Å². The number of allylic oxidation sites excluding steroid dienone is 8. The fourth-order valence-electron chi connectivity index (χ4n) is 6.33. The lowest BCUT2D eigenvalue weighted by Gasteiger charge is -2.18. The van der Waals surface area contributed by atoms with Crippen LogP contribution in [0.5, 0.6) is 0 Å². The van der Waals surface area contributed by atoms with Gasteiger partial charge in [0.15, 0.2) is 6.10 Å². The van der Waals surface area contributed by atoms with E-state index < -0.39 is 6.10 Å². The van der Waals surface area contributed by atoms with E-state index in [9.17, 15) is 9.59 Å². The molecule has 0 saturated heterocycles. The molecular formula is C49H88O5. The van der Waals surface area contributed by atoms with Gasteiger partial charge in [0.25, 0.3) is 0 Å². The summed E-state index contributed by atoms with van der Waals surface area (Å²) in [5.41, 5.74) is 0. The lowest BCUT2D eigenvalue weighted by atomic mass is 10.1. The van der Waals surface area contributed by atoms with Gasteiger partial charge in [0.1, 0.15) is 6.61 Å². The fraction of sp³-hybridized carbons (Fsp3) is 0.796. The Morgan fingerprint density at radius 2 is 0.778 bits per heavy atom. The van der Waals surface area contributed by atoms with Gasteiger partial charge in [-0.15, -0.1) is 0 Å². The third kappa shape index (κ3) is 42.6. The molecule has 0 N–H and O–H groups in total. The highest BCUT2D eigenvalue weighted by Crippen LogP contribution is 2.13. The summed E-state index contributed by atoms with van der Waals surface area (Å²) < 4.78 is 17.2. The Morgan fingerprint density at radius 1 is 0.407 bits per heavy atom. The molecule has 0 fully saturated rings. The molecule has 5 nitrogen and oxygen atoms in total. The molecule has 0 saturated carbocycles. The molecule has 0 radical (unpaired) electrons. The van der Waals surface area contributed by atoms with Crippen LogP contribution < -0.4 is 0 Å². The minimum Gasteiger partial charge on any atom is -0.462 e. The molecule has 0 spiro atoms. The highest BCUT2D eigenvalue weighted by molar-refractivity contribution is 5.70. The standard InChI is InChI=1S/C49H88O5/c1-4-7-10-13-15-17-19-21-22-23-24-25-26-27-29-31-33-35-38-41-44-52-45-47(54-49(51)43-40-36-12-9-6-3)46-53-48(50)42-39-37-34-32-30-28-20-18-16-14-11-8-5-2/h15,17-18,20-22,24-25,47H,4-14,16,19,23,26-46H2,1-3H3/b17-15-,20-18-,22-21-,25-24-. The van der Waals surface area contributed by atoms with E-state index in [2.05, 4.69) is 69.4 Å². The Morgan fingerprint density at radius 3 is 1.31 bits per heavy atom. The largest absolute Gasteiger partial charge is 0.462 e. The topological polar surface area (TPSA) is 61.8 Å². The molecule has 0 heterocycles. The third-order valence-electron chi connectivity index (χ3n) is 9.84. The lowest BCUT2D eigenvalue weighted by molar-refractivity contribution is -0.163. The Hall–Kier alpha value is -2.14. The first-order valence-electron chi connectivity index (χ1n) is 23.2. The normalized spacial score (nSPS) is 12.6. The van der Waals surface area contributed by atoms with Crippen LogP contribution in [-0.4, -0.2) is 37.9 Å². The molecule has 0 aliphatic rings. The molecule has 314 valence electrons. The van der Waals surface area contributed by atoms with Crippen LogP contribution in [0, 0.1) is 0 Å². The van der Waals surface area contributed by atoms with Crippen LogP contribution in [0.3, 0.4) is 0 Å². The molecule has 1 unspecified atom stereocenters. The Bertz CT molecular complexity index is 904. The van der Waals surface area contributed by atoms with E-state index in [-0.39, 0.29) is 25.2 Å². The first kappa shape index (κ1) is 51.9. The van der Waals surface area contributed by atoms with Crippen molar-refractivity contribution in [1.82, 2.24) is 0 Å². The Kier molecular flexibility index (Phi) is 43.5. The molecule has 5 heteroatoms. The quantitative estimate of drug-likeness (QED) is 0.0353.